The summed E-state index contributed by atoms with van der Waals surface area (Å²) in [5, 5.41) is 0. The first-order valence-electron chi connectivity index (χ1n) is 6.30. The lowest BCUT2D eigenvalue weighted by Crippen LogP contribution is -2.31. The average Bonchev–Trinajstić information content (AvgIpc) is 2.58. The summed E-state index contributed by atoms with van der Waals surface area (Å²) >= 11 is 0. The van der Waals surface area contributed by atoms with E-state index in [0.29, 0.717) is 6.54 Å². The fraction of sp³-hybridized carbons (Fsp3) is 0.188. The zero-order valence-electron chi connectivity index (χ0n) is 10.7. The van der Waals surface area contributed by atoms with Crippen molar-refractivity contribution in [2.75, 3.05) is 7.05 Å². The van der Waals surface area contributed by atoms with Crippen LogP contribution >= 0.6 is 0 Å². The molecule has 0 radical (unpaired) electrons. The van der Waals surface area contributed by atoms with E-state index in [1.807, 2.05) is 61.6 Å². The highest BCUT2D eigenvalue weighted by Gasteiger charge is 2.29. The molecular weight excluding hydrogens is 238 g/mol. The van der Waals surface area contributed by atoms with Crippen LogP contribution in [-0.2, 0) is 11.3 Å². The SMILES string of the molecule is CN1Cc2ccccc2OC(c2ccccc2)C1=O. The number of nitrogens with zero attached hydrogens (tertiary/aromatic N) is 1. The van der Waals surface area contributed by atoms with Gasteiger partial charge in [-0.05, 0) is 6.07 Å². The van der Waals surface area contributed by atoms with Crippen molar-refractivity contribution in [2.45, 2.75) is 12.6 Å². The van der Waals surface area contributed by atoms with Crippen LogP contribution in [0.3, 0.4) is 0 Å². The van der Waals surface area contributed by atoms with Gasteiger partial charge >= 0.3 is 0 Å². The fourth-order valence-electron chi connectivity index (χ4n) is 2.30. The number of carbonyl (C=O) groups is 1. The lowest BCUT2D eigenvalue weighted by atomic mass is 10.1. The van der Waals surface area contributed by atoms with Gasteiger partial charge in [0.25, 0.3) is 5.91 Å². The predicted octanol–water partition coefficient (Wildman–Crippen LogP) is 2.78. The number of hydrogen-bond donors (Lipinski definition) is 0. The van der Waals surface area contributed by atoms with E-state index in [-0.39, 0.29) is 5.91 Å². The molecule has 0 saturated heterocycles. The highest BCUT2D eigenvalue weighted by molar-refractivity contribution is 5.83. The normalized spacial score (nSPS) is 18.5. The van der Waals surface area contributed by atoms with E-state index in [4.69, 9.17) is 4.74 Å². The predicted molar refractivity (Wildman–Crippen MR) is 72.7 cm³/mol. The van der Waals surface area contributed by atoms with Gasteiger partial charge in [0.15, 0.2) is 0 Å². The van der Waals surface area contributed by atoms with Crippen LogP contribution in [0.15, 0.2) is 54.6 Å². The third kappa shape index (κ3) is 2.19. The number of ether oxygens (including phenoxy) is 1. The highest BCUT2D eigenvalue weighted by atomic mass is 16.5. The van der Waals surface area contributed by atoms with Crippen molar-refractivity contribution in [3.8, 4) is 5.75 Å². The maximum atomic E-state index is 12.4. The standard InChI is InChI=1S/C16H15NO2/c1-17-11-13-9-5-6-10-14(13)19-15(16(17)18)12-7-3-2-4-8-12/h2-10,15H,11H2,1H3. The van der Waals surface area contributed by atoms with Crippen LogP contribution in [0.1, 0.15) is 17.2 Å². The zero-order valence-corrected chi connectivity index (χ0v) is 10.7. The van der Waals surface area contributed by atoms with Crippen molar-refractivity contribution in [3.63, 3.8) is 0 Å². The Balaban J connectivity index is 2.03. The topological polar surface area (TPSA) is 29.5 Å². The second-order valence-electron chi connectivity index (χ2n) is 4.71. The largest absolute Gasteiger partial charge is 0.475 e. The van der Waals surface area contributed by atoms with Gasteiger partial charge in [-0.15, -0.1) is 0 Å². The number of likely N-dealkylation sites (N-methyl/N-ethyl adjacent to an activating group) is 1. The summed E-state index contributed by atoms with van der Waals surface area (Å²) in [6, 6.07) is 17.4. The summed E-state index contributed by atoms with van der Waals surface area (Å²) in [5.41, 5.74) is 1.92. The van der Waals surface area contributed by atoms with E-state index >= 15 is 0 Å². The van der Waals surface area contributed by atoms with E-state index in [1.54, 1.807) is 4.90 Å². The molecule has 1 amide bonds. The summed E-state index contributed by atoms with van der Waals surface area (Å²) in [5.74, 6) is 0.774. The molecule has 1 unspecified atom stereocenters. The van der Waals surface area contributed by atoms with E-state index in [1.165, 1.54) is 0 Å². The van der Waals surface area contributed by atoms with Crippen molar-refractivity contribution in [1.29, 1.82) is 0 Å². The van der Waals surface area contributed by atoms with Gasteiger partial charge in [-0.2, -0.15) is 0 Å². The molecule has 0 N–H and O–H groups in total. The van der Waals surface area contributed by atoms with Gasteiger partial charge in [-0.3, -0.25) is 4.79 Å². The molecule has 0 bridgehead atoms. The lowest BCUT2D eigenvalue weighted by Gasteiger charge is -2.20. The minimum absolute atomic E-state index is 0.0117. The molecule has 1 atom stereocenters. The van der Waals surface area contributed by atoms with Crippen LogP contribution in [0.25, 0.3) is 0 Å². The Bertz CT molecular complexity index is 595. The monoisotopic (exact) mass is 253 g/mol. The Morgan fingerprint density at radius 2 is 1.74 bits per heavy atom. The summed E-state index contributed by atoms with van der Waals surface area (Å²) in [7, 11) is 1.81. The fourth-order valence-corrected chi connectivity index (χ4v) is 2.30. The number of para-hydroxylation sites is 1. The summed E-state index contributed by atoms with van der Waals surface area (Å²) < 4.78 is 5.93. The first-order valence-corrected chi connectivity index (χ1v) is 6.30. The molecule has 96 valence electrons. The molecule has 0 aromatic heterocycles. The Morgan fingerprint density at radius 1 is 1.05 bits per heavy atom. The number of carbonyl (C=O) groups excluding carboxylic acids is 1. The van der Waals surface area contributed by atoms with Crippen LogP contribution in [0.4, 0.5) is 0 Å². The van der Waals surface area contributed by atoms with Crippen molar-refractivity contribution >= 4 is 5.91 Å². The minimum Gasteiger partial charge on any atom is -0.475 e. The third-order valence-electron chi connectivity index (χ3n) is 3.33. The Hall–Kier alpha value is -2.29. The average molecular weight is 253 g/mol. The Labute approximate surface area is 112 Å². The van der Waals surface area contributed by atoms with E-state index in [9.17, 15) is 4.79 Å². The zero-order chi connectivity index (χ0) is 13.2. The highest BCUT2D eigenvalue weighted by Crippen LogP contribution is 2.31. The van der Waals surface area contributed by atoms with Gasteiger partial charge in [0, 0.05) is 24.7 Å². The van der Waals surface area contributed by atoms with E-state index in [0.717, 1.165) is 16.9 Å². The molecule has 19 heavy (non-hydrogen) atoms. The van der Waals surface area contributed by atoms with Crippen LogP contribution in [0.5, 0.6) is 5.75 Å². The van der Waals surface area contributed by atoms with Crippen LogP contribution in [-0.4, -0.2) is 17.9 Å². The number of fused-ring (bicyclic) bond motifs is 1. The van der Waals surface area contributed by atoms with Gasteiger partial charge in [0.05, 0.1) is 0 Å². The van der Waals surface area contributed by atoms with Gasteiger partial charge in [-0.25, -0.2) is 0 Å². The third-order valence-corrected chi connectivity index (χ3v) is 3.33. The molecule has 1 heterocycles. The van der Waals surface area contributed by atoms with Crippen LogP contribution in [0.2, 0.25) is 0 Å². The molecule has 1 aliphatic heterocycles. The number of rotatable bonds is 1. The molecule has 1 aliphatic rings. The number of amides is 1. The molecular formula is C16H15NO2. The molecule has 3 nitrogen and oxygen atoms in total. The molecule has 3 heteroatoms. The maximum absolute atomic E-state index is 12.4. The second-order valence-corrected chi connectivity index (χ2v) is 4.71. The van der Waals surface area contributed by atoms with Gasteiger partial charge < -0.3 is 9.64 Å². The molecule has 2 aromatic carbocycles. The van der Waals surface area contributed by atoms with E-state index < -0.39 is 6.10 Å². The van der Waals surface area contributed by atoms with Crippen molar-refractivity contribution in [2.24, 2.45) is 0 Å². The van der Waals surface area contributed by atoms with Crippen molar-refractivity contribution in [3.05, 3.63) is 65.7 Å². The molecule has 0 spiro atoms. The number of hydrogen-bond acceptors (Lipinski definition) is 2. The van der Waals surface area contributed by atoms with E-state index in [2.05, 4.69) is 0 Å². The van der Waals surface area contributed by atoms with Crippen LogP contribution < -0.4 is 4.74 Å². The molecule has 0 aliphatic carbocycles. The summed E-state index contributed by atoms with van der Waals surface area (Å²) in [6.45, 7) is 0.582. The molecule has 3 rings (SSSR count). The lowest BCUT2D eigenvalue weighted by molar-refractivity contribution is -0.137. The second kappa shape index (κ2) is 4.76. The summed E-state index contributed by atoms with van der Waals surface area (Å²) in [4.78, 5) is 14.1. The van der Waals surface area contributed by atoms with Gasteiger partial charge in [0.2, 0.25) is 6.10 Å². The molecule has 0 fully saturated rings. The maximum Gasteiger partial charge on any atom is 0.268 e. The molecule has 0 saturated carbocycles. The van der Waals surface area contributed by atoms with Crippen molar-refractivity contribution < 1.29 is 9.53 Å². The van der Waals surface area contributed by atoms with Gasteiger partial charge in [0.1, 0.15) is 5.75 Å². The quantitative estimate of drug-likeness (QED) is 0.782. The Morgan fingerprint density at radius 3 is 2.53 bits per heavy atom. The first kappa shape index (κ1) is 11.8. The smallest absolute Gasteiger partial charge is 0.268 e. The number of benzene rings is 2. The minimum atomic E-state index is -0.560. The molecule has 2 aromatic rings. The van der Waals surface area contributed by atoms with Gasteiger partial charge in [-0.1, -0.05) is 48.5 Å². The van der Waals surface area contributed by atoms with Crippen molar-refractivity contribution in [1.82, 2.24) is 4.90 Å². The van der Waals surface area contributed by atoms with Crippen LogP contribution in [0, 0.1) is 0 Å². The summed E-state index contributed by atoms with van der Waals surface area (Å²) in [6.07, 6.45) is -0.560. The first-order chi connectivity index (χ1) is 9.25. The Kier molecular flexibility index (Phi) is 2.95.